The molecule has 2 amide bonds. The smallest absolute Gasteiger partial charge is 0.226 e. The van der Waals surface area contributed by atoms with E-state index in [1.165, 1.54) is 5.56 Å². The molecule has 6 heteroatoms. The highest BCUT2D eigenvalue weighted by Gasteiger charge is 2.33. The third kappa shape index (κ3) is 5.22. The SMILES string of the molecule is Cc1cccc(CC(=O)N2CCC(N3CCC(C(=O)N4CCOCC4)CC3)CC2)c1. The number of hydrogen-bond acceptors (Lipinski definition) is 4. The van der Waals surface area contributed by atoms with Gasteiger partial charge in [-0.2, -0.15) is 0 Å². The Morgan fingerprint density at radius 2 is 1.63 bits per heavy atom. The topological polar surface area (TPSA) is 53.1 Å². The molecule has 4 rings (SSSR count). The van der Waals surface area contributed by atoms with Crippen LogP contribution in [0.5, 0.6) is 0 Å². The van der Waals surface area contributed by atoms with Gasteiger partial charge in [0, 0.05) is 38.1 Å². The second-order valence-corrected chi connectivity index (χ2v) is 9.03. The Morgan fingerprint density at radius 3 is 2.30 bits per heavy atom. The molecular weight excluding hydrogens is 378 g/mol. The number of likely N-dealkylation sites (tertiary alicyclic amines) is 2. The number of morpholine rings is 1. The number of nitrogens with zero attached hydrogens (tertiary/aromatic N) is 3. The lowest BCUT2D eigenvalue weighted by atomic mass is 9.92. The van der Waals surface area contributed by atoms with Crippen molar-refractivity contribution in [3.63, 3.8) is 0 Å². The maximum atomic E-state index is 12.7. The number of aryl methyl sites for hydroxylation is 1. The molecule has 0 N–H and O–H groups in total. The maximum absolute atomic E-state index is 12.7. The zero-order valence-corrected chi connectivity index (χ0v) is 18.2. The van der Waals surface area contributed by atoms with Gasteiger partial charge in [0.05, 0.1) is 19.6 Å². The lowest BCUT2D eigenvalue weighted by Gasteiger charge is -2.42. The molecule has 0 aliphatic carbocycles. The Hall–Kier alpha value is -1.92. The average Bonchev–Trinajstić information content (AvgIpc) is 2.79. The summed E-state index contributed by atoms with van der Waals surface area (Å²) in [5.41, 5.74) is 2.31. The van der Waals surface area contributed by atoms with Crippen LogP contribution in [-0.4, -0.2) is 85.0 Å². The first-order chi connectivity index (χ1) is 14.6. The molecule has 0 bridgehead atoms. The Balaban J connectivity index is 1.20. The van der Waals surface area contributed by atoms with Crippen molar-refractivity contribution in [2.75, 3.05) is 52.5 Å². The first kappa shape index (κ1) is 21.3. The highest BCUT2D eigenvalue weighted by Crippen LogP contribution is 2.26. The normalized spacial score (nSPS) is 22.3. The molecule has 30 heavy (non-hydrogen) atoms. The van der Waals surface area contributed by atoms with Gasteiger partial charge in [-0.3, -0.25) is 9.59 Å². The molecule has 3 heterocycles. The fourth-order valence-electron chi connectivity index (χ4n) is 5.14. The molecule has 0 aromatic heterocycles. The number of carbonyl (C=O) groups is 2. The van der Waals surface area contributed by atoms with Gasteiger partial charge in [-0.05, 0) is 51.3 Å². The summed E-state index contributed by atoms with van der Waals surface area (Å²) in [6.45, 7) is 8.60. The lowest BCUT2D eigenvalue weighted by molar-refractivity contribution is -0.141. The minimum absolute atomic E-state index is 0.176. The fraction of sp³-hybridized carbons (Fsp3) is 0.667. The van der Waals surface area contributed by atoms with Crippen LogP contribution >= 0.6 is 0 Å². The number of benzene rings is 1. The minimum atomic E-state index is 0.176. The fourth-order valence-corrected chi connectivity index (χ4v) is 5.14. The van der Waals surface area contributed by atoms with Crippen molar-refractivity contribution in [1.29, 1.82) is 0 Å². The van der Waals surface area contributed by atoms with Crippen molar-refractivity contribution in [3.8, 4) is 0 Å². The van der Waals surface area contributed by atoms with Gasteiger partial charge in [-0.15, -0.1) is 0 Å². The van der Waals surface area contributed by atoms with E-state index in [2.05, 4.69) is 24.0 Å². The van der Waals surface area contributed by atoms with Crippen LogP contribution < -0.4 is 0 Å². The van der Waals surface area contributed by atoms with Gasteiger partial charge in [0.15, 0.2) is 0 Å². The first-order valence-electron chi connectivity index (χ1n) is 11.5. The highest BCUT2D eigenvalue weighted by atomic mass is 16.5. The summed E-state index contributed by atoms with van der Waals surface area (Å²) in [7, 11) is 0. The monoisotopic (exact) mass is 413 g/mol. The Labute approximate surface area is 180 Å². The van der Waals surface area contributed by atoms with Crippen LogP contribution in [0, 0.1) is 12.8 Å². The van der Waals surface area contributed by atoms with Crippen molar-refractivity contribution in [2.45, 2.75) is 45.1 Å². The molecule has 0 spiro atoms. The predicted molar refractivity (Wildman–Crippen MR) is 116 cm³/mol. The molecule has 3 aliphatic heterocycles. The number of ether oxygens (including phenoxy) is 1. The standard InChI is InChI=1S/C24H35N3O3/c1-19-3-2-4-20(17-19)18-23(28)26-11-7-22(8-12-26)25-9-5-21(6-10-25)24(29)27-13-15-30-16-14-27/h2-4,17,21-22H,5-16,18H2,1H3. The summed E-state index contributed by atoms with van der Waals surface area (Å²) in [5, 5.41) is 0. The molecular formula is C24H35N3O3. The zero-order chi connectivity index (χ0) is 20.9. The van der Waals surface area contributed by atoms with Gasteiger partial charge in [0.25, 0.3) is 0 Å². The highest BCUT2D eigenvalue weighted by molar-refractivity contribution is 5.79. The van der Waals surface area contributed by atoms with Gasteiger partial charge in [-0.25, -0.2) is 0 Å². The quantitative estimate of drug-likeness (QED) is 0.759. The van der Waals surface area contributed by atoms with Gasteiger partial charge in [-0.1, -0.05) is 29.8 Å². The summed E-state index contributed by atoms with van der Waals surface area (Å²) in [6, 6.07) is 8.79. The van der Waals surface area contributed by atoms with E-state index in [-0.39, 0.29) is 11.8 Å². The second kappa shape index (κ2) is 9.92. The van der Waals surface area contributed by atoms with Crippen LogP contribution in [0.15, 0.2) is 24.3 Å². The molecule has 1 aromatic rings. The third-order valence-electron chi connectivity index (χ3n) is 6.97. The van der Waals surface area contributed by atoms with Gasteiger partial charge in [0.2, 0.25) is 11.8 Å². The summed E-state index contributed by atoms with van der Waals surface area (Å²) < 4.78 is 5.37. The molecule has 164 valence electrons. The summed E-state index contributed by atoms with van der Waals surface area (Å²) >= 11 is 0. The Morgan fingerprint density at radius 1 is 0.933 bits per heavy atom. The largest absolute Gasteiger partial charge is 0.378 e. The summed E-state index contributed by atoms with van der Waals surface area (Å²) in [4.78, 5) is 32.0. The Kier molecular flexibility index (Phi) is 7.05. The van der Waals surface area contributed by atoms with Gasteiger partial charge < -0.3 is 19.4 Å². The van der Waals surface area contributed by atoms with E-state index < -0.39 is 0 Å². The lowest BCUT2D eigenvalue weighted by Crippen LogP contribution is -2.51. The molecule has 0 radical (unpaired) electrons. The van der Waals surface area contributed by atoms with E-state index in [1.54, 1.807) is 0 Å². The number of carbonyl (C=O) groups excluding carboxylic acids is 2. The van der Waals surface area contributed by atoms with Crippen molar-refractivity contribution in [3.05, 3.63) is 35.4 Å². The van der Waals surface area contributed by atoms with E-state index in [0.29, 0.717) is 31.6 Å². The van der Waals surface area contributed by atoms with E-state index in [9.17, 15) is 9.59 Å². The van der Waals surface area contributed by atoms with Crippen molar-refractivity contribution in [2.24, 2.45) is 5.92 Å². The van der Waals surface area contributed by atoms with Crippen molar-refractivity contribution < 1.29 is 14.3 Å². The van der Waals surface area contributed by atoms with E-state index in [4.69, 9.17) is 4.74 Å². The summed E-state index contributed by atoms with van der Waals surface area (Å²) in [5.74, 6) is 0.749. The molecule has 6 nitrogen and oxygen atoms in total. The zero-order valence-electron chi connectivity index (χ0n) is 18.2. The molecule has 0 unspecified atom stereocenters. The average molecular weight is 414 g/mol. The molecule has 0 atom stereocenters. The molecule has 0 saturated carbocycles. The van der Waals surface area contributed by atoms with Crippen LogP contribution in [0.4, 0.5) is 0 Å². The molecule has 1 aromatic carbocycles. The van der Waals surface area contributed by atoms with E-state index in [0.717, 1.165) is 70.5 Å². The summed E-state index contributed by atoms with van der Waals surface area (Å²) in [6.07, 6.45) is 4.51. The van der Waals surface area contributed by atoms with Crippen LogP contribution in [0.1, 0.15) is 36.8 Å². The first-order valence-corrected chi connectivity index (χ1v) is 11.5. The third-order valence-corrected chi connectivity index (χ3v) is 6.97. The van der Waals surface area contributed by atoms with E-state index in [1.807, 2.05) is 21.9 Å². The maximum Gasteiger partial charge on any atom is 0.226 e. The number of rotatable bonds is 4. The number of hydrogen-bond donors (Lipinski definition) is 0. The van der Waals surface area contributed by atoms with Crippen LogP contribution in [0.2, 0.25) is 0 Å². The number of amides is 2. The Bertz CT molecular complexity index is 731. The van der Waals surface area contributed by atoms with E-state index >= 15 is 0 Å². The van der Waals surface area contributed by atoms with Crippen molar-refractivity contribution in [1.82, 2.24) is 14.7 Å². The van der Waals surface area contributed by atoms with Gasteiger partial charge in [0.1, 0.15) is 0 Å². The minimum Gasteiger partial charge on any atom is -0.378 e. The predicted octanol–water partition coefficient (Wildman–Crippen LogP) is 2.10. The van der Waals surface area contributed by atoms with Crippen LogP contribution in [0.3, 0.4) is 0 Å². The van der Waals surface area contributed by atoms with Crippen LogP contribution in [0.25, 0.3) is 0 Å². The molecule has 3 saturated heterocycles. The number of piperidine rings is 2. The molecule has 3 fully saturated rings. The van der Waals surface area contributed by atoms with Crippen LogP contribution in [-0.2, 0) is 20.7 Å². The van der Waals surface area contributed by atoms with Crippen molar-refractivity contribution >= 4 is 11.8 Å². The molecule has 3 aliphatic rings. The van der Waals surface area contributed by atoms with Gasteiger partial charge >= 0.3 is 0 Å². The second-order valence-electron chi connectivity index (χ2n) is 9.03.